The molecule has 4 heterocycles. The van der Waals surface area contributed by atoms with Crippen LogP contribution in [0.3, 0.4) is 0 Å². The Balaban J connectivity index is 1.25. The molecule has 0 saturated carbocycles. The molecule has 11 nitrogen and oxygen atoms in total. The molecule has 0 N–H and O–H groups in total. The van der Waals surface area contributed by atoms with Crippen LogP contribution < -0.4 is 16.1 Å². The van der Waals surface area contributed by atoms with Gasteiger partial charge in [-0.15, -0.1) is 0 Å². The Morgan fingerprint density at radius 1 is 0.960 bits per heavy atom. The van der Waals surface area contributed by atoms with Crippen molar-refractivity contribution < 1.29 is 23.1 Å². The molecule has 2 aromatic heterocycles. The summed E-state index contributed by atoms with van der Waals surface area (Å²) in [5.74, 6) is -2.26. The maximum atomic E-state index is 14.2. The predicted octanol–water partition coefficient (Wildman–Crippen LogP) is 4.54. The lowest BCUT2D eigenvalue weighted by Crippen LogP contribution is -2.41. The van der Waals surface area contributed by atoms with E-state index in [4.69, 9.17) is 9.73 Å². The van der Waals surface area contributed by atoms with Crippen LogP contribution in [0.5, 0.6) is 0 Å². The van der Waals surface area contributed by atoms with Crippen LogP contribution in [0.4, 0.5) is 20.4 Å². The van der Waals surface area contributed by atoms with Gasteiger partial charge >= 0.3 is 5.69 Å². The number of fused-ring (bicyclic) bond motifs is 2. The second-order valence-electron chi connectivity index (χ2n) is 12.3. The van der Waals surface area contributed by atoms with Crippen molar-refractivity contribution in [1.82, 2.24) is 19.0 Å². The van der Waals surface area contributed by atoms with Crippen molar-refractivity contribution >= 4 is 29.2 Å². The lowest BCUT2D eigenvalue weighted by molar-refractivity contribution is 0.0738. The van der Waals surface area contributed by atoms with Gasteiger partial charge in [-0.2, -0.15) is 0 Å². The van der Waals surface area contributed by atoms with E-state index >= 15 is 0 Å². The van der Waals surface area contributed by atoms with Crippen molar-refractivity contribution in [1.29, 1.82) is 0 Å². The minimum Gasteiger partial charge on any atom is -0.385 e. The minimum absolute atomic E-state index is 0.0518. The number of ether oxygens (including phenoxy) is 1. The van der Waals surface area contributed by atoms with E-state index < -0.39 is 23.2 Å². The number of carbonyl (C=O) groups excluding carboxylic acids is 2. The molecular formula is C37H38F2N6O5. The normalized spacial score (nSPS) is 13.6. The monoisotopic (exact) mass is 684 g/mol. The van der Waals surface area contributed by atoms with E-state index in [0.29, 0.717) is 73.7 Å². The standard InChI is InChI=1S/C37H38F2N6O5/c1-3-15-44-33-28(36(48)45(37(44)49)18-7-20-50-2)22-31(41-33)26-11-13-32(40-23-26)43(34(46)25-10-12-29(38)30(39)21-25)17-6-16-42-19-14-24-8-4-5-9-27(24)35(42)47/h4-5,8-13,21,23H,3,6-7,14-20,22H2,1-2H3. The quantitative estimate of drug-likeness (QED) is 0.191. The summed E-state index contributed by atoms with van der Waals surface area (Å²) < 4.78 is 35.8. The number of pyridine rings is 1. The van der Waals surface area contributed by atoms with Crippen molar-refractivity contribution in [2.24, 2.45) is 4.99 Å². The summed E-state index contributed by atoms with van der Waals surface area (Å²) in [5.41, 5.74) is 2.41. The molecule has 0 radical (unpaired) electrons. The maximum absolute atomic E-state index is 14.2. The van der Waals surface area contributed by atoms with Gasteiger partial charge in [0, 0.05) is 75.7 Å². The predicted molar refractivity (Wildman–Crippen MR) is 185 cm³/mol. The molecule has 0 aliphatic carbocycles. The van der Waals surface area contributed by atoms with Crippen LogP contribution in [0.1, 0.15) is 63.6 Å². The number of aromatic nitrogens is 3. The fourth-order valence-electron chi connectivity index (χ4n) is 6.45. The van der Waals surface area contributed by atoms with Gasteiger partial charge in [-0.25, -0.2) is 23.6 Å². The van der Waals surface area contributed by atoms with Crippen molar-refractivity contribution in [3.63, 3.8) is 0 Å². The Hall–Kier alpha value is -5.30. The third kappa shape index (κ3) is 6.90. The number of aliphatic imine (C=N–C) groups is 1. The second-order valence-corrected chi connectivity index (χ2v) is 12.3. The first kappa shape index (κ1) is 34.6. The molecular weight excluding hydrogens is 646 g/mol. The summed E-state index contributed by atoms with van der Waals surface area (Å²) in [6.45, 7) is 4.06. The minimum atomic E-state index is -1.14. The third-order valence-corrected chi connectivity index (χ3v) is 9.02. The Bertz CT molecular complexity index is 2070. The number of methoxy groups -OCH3 is 1. The summed E-state index contributed by atoms with van der Waals surface area (Å²) >= 11 is 0. The highest BCUT2D eigenvalue weighted by molar-refractivity contribution is 6.07. The number of carbonyl (C=O) groups is 2. The molecule has 0 saturated heterocycles. The van der Waals surface area contributed by atoms with Crippen molar-refractivity contribution in [2.45, 2.75) is 52.1 Å². The van der Waals surface area contributed by atoms with Gasteiger partial charge in [0.15, 0.2) is 11.6 Å². The Morgan fingerprint density at radius 3 is 2.52 bits per heavy atom. The van der Waals surface area contributed by atoms with E-state index in [1.165, 1.54) is 26.3 Å². The molecule has 0 fully saturated rings. The van der Waals surface area contributed by atoms with Crippen LogP contribution in [0, 0.1) is 11.6 Å². The first-order chi connectivity index (χ1) is 24.2. The van der Waals surface area contributed by atoms with Gasteiger partial charge < -0.3 is 9.64 Å². The zero-order valence-corrected chi connectivity index (χ0v) is 28.0. The Morgan fingerprint density at radius 2 is 1.78 bits per heavy atom. The number of amides is 2. The van der Waals surface area contributed by atoms with E-state index in [-0.39, 0.29) is 42.4 Å². The van der Waals surface area contributed by atoms with Gasteiger partial charge in [-0.1, -0.05) is 25.1 Å². The molecule has 2 amide bonds. The van der Waals surface area contributed by atoms with Gasteiger partial charge in [0.2, 0.25) is 0 Å². The number of halogens is 2. The Labute approximate surface area is 287 Å². The SMILES string of the molecule is CCCn1c2c(c(=O)n(CCCOC)c1=O)CC(c1ccc(N(CCCN3CCc4ccccc4C3=O)C(=O)c3ccc(F)c(F)c3)nc1)=N2. The lowest BCUT2D eigenvalue weighted by atomic mass is 9.99. The second kappa shape index (κ2) is 15.1. The fourth-order valence-corrected chi connectivity index (χ4v) is 6.45. The van der Waals surface area contributed by atoms with Crippen LogP contribution in [0.2, 0.25) is 0 Å². The van der Waals surface area contributed by atoms with Gasteiger partial charge in [0.1, 0.15) is 11.6 Å². The summed E-state index contributed by atoms with van der Waals surface area (Å²) in [7, 11) is 1.56. The number of nitrogens with zero attached hydrogens (tertiary/aromatic N) is 6. The molecule has 260 valence electrons. The molecule has 13 heteroatoms. The number of rotatable bonds is 13. The molecule has 4 aromatic rings. The van der Waals surface area contributed by atoms with Crippen LogP contribution >= 0.6 is 0 Å². The highest BCUT2D eigenvalue weighted by Gasteiger charge is 2.28. The third-order valence-electron chi connectivity index (χ3n) is 9.02. The first-order valence-corrected chi connectivity index (χ1v) is 16.7. The maximum Gasteiger partial charge on any atom is 0.332 e. The number of anilines is 1. The van der Waals surface area contributed by atoms with Crippen LogP contribution in [-0.2, 0) is 30.7 Å². The number of benzene rings is 2. The molecule has 6 rings (SSSR count). The fraction of sp³-hybridized carbons (Fsp3) is 0.351. The molecule has 2 aliphatic rings. The van der Waals surface area contributed by atoms with Gasteiger partial charge in [0.05, 0.1) is 11.3 Å². The molecule has 0 unspecified atom stereocenters. The molecule has 2 aliphatic heterocycles. The van der Waals surface area contributed by atoms with E-state index in [9.17, 15) is 28.0 Å². The van der Waals surface area contributed by atoms with Crippen LogP contribution in [-0.4, -0.2) is 69.9 Å². The summed E-state index contributed by atoms with van der Waals surface area (Å²) in [6, 6.07) is 13.8. The van der Waals surface area contributed by atoms with Crippen LogP contribution in [0.15, 0.2) is 75.4 Å². The summed E-state index contributed by atoms with van der Waals surface area (Å²) in [4.78, 5) is 65.9. The van der Waals surface area contributed by atoms with Gasteiger partial charge in [-0.3, -0.25) is 28.4 Å². The number of hydrogen-bond acceptors (Lipinski definition) is 7. The van der Waals surface area contributed by atoms with Crippen LogP contribution in [0.25, 0.3) is 0 Å². The molecule has 2 aromatic carbocycles. The topological polar surface area (TPSA) is 119 Å². The van der Waals surface area contributed by atoms with E-state index in [0.717, 1.165) is 24.1 Å². The summed E-state index contributed by atoms with van der Waals surface area (Å²) in [5, 5.41) is 0. The highest BCUT2D eigenvalue weighted by Crippen LogP contribution is 2.27. The zero-order valence-electron chi connectivity index (χ0n) is 28.0. The lowest BCUT2D eigenvalue weighted by Gasteiger charge is -2.29. The molecule has 50 heavy (non-hydrogen) atoms. The zero-order chi connectivity index (χ0) is 35.4. The van der Waals surface area contributed by atoms with Gasteiger partial charge in [-0.05, 0) is 67.6 Å². The van der Waals surface area contributed by atoms with E-state index in [1.807, 2.05) is 31.2 Å². The van der Waals surface area contributed by atoms with Crippen molar-refractivity contribution in [3.05, 3.63) is 121 Å². The van der Waals surface area contributed by atoms with E-state index in [1.54, 1.807) is 24.1 Å². The molecule has 0 spiro atoms. The largest absolute Gasteiger partial charge is 0.385 e. The van der Waals surface area contributed by atoms with Crippen molar-refractivity contribution in [2.75, 3.05) is 38.3 Å². The molecule has 0 atom stereocenters. The smallest absolute Gasteiger partial charge is 0.332 e. The summed E-state index contributed by atoms with van der Waals surface area (Å²) in [6.07, 6.45) is 4.05. The first-order valence-electron chi connectivity index (χ1n) is 16.7. The Kier molecular flexibility index (Phi) is 10.4. The van der Waals surface area contributed by atoms with Crippen molar-refractivity contribution in [3.8, 4) is 0 Å². The highest BCUT2D eigenvalue weighted by atomic mass is 19.2. The average Bonchev–Trinajstić information content (AvgIpc) is 3.58. The average molecular weight is 685 g/mol. The molecule has 0 bridgehead atoms. The van der Waals surface area contributed by atoms with Gasteiger partial charge in [0.25, 0.3) is 17.4 Å². The van der Waals surface area contributed by atoms with E-state index in [2.05, 4.69) is 4.98 Å². The number of hydrogen-bond donors (Lipinski definition) is 0.